The Labute approximate surface area is 163 Å². The Kier molecular flexibility index (Phi) is 7.20. The molecule has 0 aliphatic carbocycles. The van der Waals surface area contributed by atoms with E-state index in [4.69, 9.17) is 28.9 Å². The van der Waals surface area contributed by atoms with E-state index in [0.717, 1.165) is 0 Å². The zero-order valence-electron chi connectivity index (χ0n) is 13.7. The predicted molar refractivity (Wildman–Crippen MR) is 98.2 cm³/mol. The Morgan fingerprint density at radius 3 is 2.41 bits per heavy atom. The topological polar surface area (TPSA) is 93.5 Å². The summed E-state index contributed by atoms with van der Waals surface area (Å²) in [6.45, 7) is -3.01. The molecule has 0 saturated carbocycles. The number of carbonyl (C=O) groups is 2. The number of amides is 3. The Bertz CT molecular complexity index is 837. The van der Waals surface area contributed by atoms with Crippen LogP contribution in [-0.2, 0) is 4.79 Å². The molecule has 0 radical (unpaired) electrons. The maximum atomic E-state index is 12.3. The number of anilines is 1. The number of rotatable bonds is 7. The molecule has 0 saturated heterocycles. The summed E-state index contributed by atoms with van der Waals surface area (Å²) in [5.74, 6) is -0.693. The van der Waals surface area contributed by atoms with E-state index in [1.54, 1.807) is 24.3 Å². The smallest absolute Gasteiger partial charge is 0.387 e. The average Bonchev–Trinajstić information content (AvgIpc) is 2.56. The van der Waals surface area contributed by atoms with E-state index in [9.17, 15) is 18.4 Å². The maximum absolute atomic E-state index is 12.3. The third-order valence-electron chi connectivity index (χ3n) is 3.42. The van der Waals surface area contributed by atoms with Crippen molar-refractivity contribution in [1.29, 1.82) is 0 Å². The second-order valence-corrected chi connectivity index (χ2v) is 6.17. The minimum Gasteiger partial charge on any atom is -0.433 e. The van der Waals surface area contributed by atoms with E-state index in [1.807, 2.05) is 0 Å². The van der Waals surface area contributed by atoms with Crippen LogP contribution in [0.2, 0.25) is 10.0 Å². The predicted octanol–water partition coefficient (Wildman–Crippen LogP) is 4.33. The first-order chi connectivity index (χ1) is 12.8. The molecule has 2 aromatic carbocycles. The van der Waals surface area contributed by atoms with Gasteiger partial charge in [0.05, 0.1) is 17.5 Å². The molecule has 3 amide bonds. The molecule has 0 unspecified atom stereocenters. The Hall–Kier alpha value is -2.58. The molecule has 10 heteroatoms. The van der Waals surface area contributed by atoms with Crippen LogP contribution in [-0.4, -0.2) is 18.5 Å². The molecule has 0 aliphatic rings. The molecule has 0 aliphatic heterocycles. The van der Waals surface area contributed by atoms with Gasteiger partial charge in [-0.25, -0.2) is 4.79 Å². The SMILES string of the molecule is NC(=O)N[C@@H](CC(=O)Nc1ccc(OC(F)F)c(Cl)c1)c1ccccc1Cl. The van der Waals surface area contributed by atoms with E-state index < -0.39 is 24.6 Å². The van der Waals surface area contributed by atoms with Crippen LogP contribution in [0.5, 0.6) is 5.75 Å². The summed E-state index contributed by atoms with van der Waals surface area (Å²) < 4.78 is 28.7. The lowest BCUT2D eigenvalue weighted by Crippen LogP contribution is -2.35. The van der Waals surface area contributed by atoms with Crippen LogP contribution < -0.4 is 21.1 Å². The lowest BCUT2D eigenvalue weighted by molar-refractivity contribution is -0.116. The van der Waals surface area contributed by atoms with E-state index in [0.29, 0.717) is 10.6 Å². The first kappa shape index (κ1) is 20.7. The van der Waals surface area contributed by atoms with Gasteiger partial charge in [-0.05, 0) is 29.8 Å². The number of nitrogens with two attached hydrogens (primary N) is 1. The third kappa shape index (κ3) is 6.26. The van der Waals surface area contributed by atoms with Gasteiger partial charge in [-0.2, -0.15) is 8.78 Å². The molecule has 27 heavy (non-hydrogen) atoms. The van der Waals surface area contributed by atoms with Crippen molar-refractivity contribution in [2.75, 3.05) is 5.32 Å². The van der Waals surface area contributed by atoms with Crippen LogP contribution >= 0.6 is 23.2 Å². The van der Waals surface area contributed by atoms with Crippen molar-refractivity contribution in [2.45, 2.75) is 19.1 Å². The van der Waals surface area contributed by atoms with Crippen molar-refractivity contribution in [2.24, 2.45) is 5.73 Å². The second kappa shape index (κ2) is 9.38. The summed E-state index contributed by atoms with van der Waals surface area (Å²) in [4.78, 5) is 23.6. The normalized spacial score (nSPS) is 11.7. The van der Waals surface area contributed by atoms with E-state index >= 15 is 0 Å². The molecular weight excluding hydrogens is 403 g/mol. The minimum absolute atomic E-state index is 0.0917. The molecule has 0 heterocycles. The zero-order valence-corrected chi connectivity index (χ0v) is 15.2. The summed E-state index contributed by atoms with van der Waals surface area (Å²) in [5.41, 5.74) is 5.96. The molecular formula is C17H15Cl2F2N3O3. The lowest BCUT2D eigenvalue weighted by Gasteiger charge is -2.19. The number of primary amides is 1. The van der Waals surface area contributed by atoms with Crippen molar-refractivity contribution in [3.63, 3.8) is 0 Å². The molecule has 2 aromatic rings. The average molecular weight is 418 g/mol. The summed E-state index contributed by atoms with van der Waals surface area (Å²) in [6, 6.07) is 8.94. The van der Waals surface area contributed by atoms with Crippen LogP contribution in [0.1, 0.15) is 18.0 Å². The Morgan fingerprint density at radius 2 is 1.81 bits per heavy atom. The van der Waals surface area contributed by atoms with Crippen LogP contribution in [0.25, 0.3) is 0 Å². The number of alkyl halides is 2. The highest BCUT2D eigenvalue weighted by molar-refractivity contribution is 6.32. The van der Waals surface area contributed by atoms with Gasteiger partial charge in [0.2, 0.25) is 5.91 Å². The number of benzene rings is 2. The Morgan fingerprint density at radius 1 is 1.11 bits per heavy atom. The first-order valence-electron chi connectivity index (χ1n) is 7.61. The standard InChI is InChI=1S/C17H15Cl2F2N3O3/c18-11-4-2-1-3-10(11)13(24-17(22)26)8-15(25)23-9-5-6-14(12(19)7-9)27-16(20)21/h1-7,13,16H,8H2,(H,23,25)(H3,22,24,26)/t13-/m0/s1. The largest absolute Gasteiger partial charge is 0.433 e. The summed E-state index contributed by atoms with van der Waals surface area (Å²) in [6.07, 6.45) is -0.167. The van der Waals surface area contributed by atoms with Gasteiger partial charge < -0.3 is 21.1 Å². The lowest BCUT2D eigenvalue weighted by atomic mass is 10.0. The van der Waals surface area contributed by atoms with Crippen LogP contribution in [0, 0.1) is 0 Å². The number of ether oxygens (including phenoxy) is 1. The number of hydrogen-bond acceptors (Lipinski definition) is 3. The Balaban J connectivity index is 2.10. The highest BCUT2D eigenvalue weighted by atomic mass is 35.5. The van der Waals surface area contributed by atoms with E-state index in [2.05, 4.69) is 15.4 Å². The molecule has 4 N–H and O–H groups in total. The summed E-state index contributed by atoms with van der Waals surface area (Å²) >= 11 is 12.0. The van der Waals surface area contributed by atoms with Gasteiger partial charge in [0, 0.05) is 10.7 Å². The van der Waals surface area contributed by atoms with E-state index in [-0.39, 0.29) is 22.9 Å². The highest BCUT2D eigenvalue weighted by Crippen LogP contribution is 2.30. The zero-order chi connectivity index (χ0) is 20.0. The quantitative estimate of drug-likeness (QED) is 0.625. The summed E-state index contributed by atoms with van der Waals surface area (Å²) in [7, 11) is 0. The molecule has 0 spiro atoms. The third-order valence-corrected chi connectivity index (χ3v) is 4.06. The number of urea groups is 1. The molecule has 144 valence electrons. The van der Waals surface area contributed by atoms with Gasteiger partial charge in [-0.15, -0.1) is 0 Å². The number of hydrogen-bond donors (Lipinski definition) is 3. The fraction of sp³-hybridized carbons (Fsp3) is 0.176. The number of carbonyl (C=O) groups excluding carboxylic acids is 2. The van der Waals surface area contributed by atoms with Gasteiger partial charge >= 0.3 is 12.6 Å². The molecule has 0 aromatic heterocycles. The van der Waals surface area contributed by atoms with Crippen molar-refractivity contribution < 1.29 is 23.1 Å². The summed E-state index contributed by atoms with van der Waals surface area (Å²) in [5, 5.41) is 5.28. The number of nitrogens with one attached hydrogen (secondary N) is 2. The van der Waals surface area contributed by atoms with Crippen LogP contribution in [0.3, 0.4) is 0 Å². The van der Waals surface area contributed by atoms with Gasteiger partial charge in [-0.3, -0.25) is 4.79 Å². The van der Waals surface area contributed by atoms with Crippen LogP contribution in [0.15, 0.2) is 42.5 Å². The molecule has 0 bridgehead atoms. The minimum atomic E-state index is -3.01. The van der Waals surface area contributed by atoms with E-state index in [1.165, 1.54) is 18.2 Å². The van der Waals surface area contributed by atoms with Crippen molar-refractivity contribution in [3.8, 4) is 5.75 Å². The van der Waals surface area contributed by atoms with Gasteiger partial charge in [0.15, 0.2) is 0 Å². The molecule has 1 atom stereocenters. The molecule has 2 rings (SSSR count). The monoisotopic (exact) mass is 417 g/mol. The van der Waals surface area contributed by atoms with Crippen molar-refractivity contribution in [3.05, 3.63) is 58.1 Å². The highest BCUT2D eigenvalue weighted by Gasteiger charge is 2.20. The fourth-order valence-electron chi connectivity index (χ4n) is 2.34. The van der Waals surface area contributed by atoms with Gasteiger partial charge in [0.1, 0.15) is 5.75 Å². The first-order valence-corrected chi connectivity index (χ1v) is 8.36. The maximum Gasteiger partial charge on any atom is 0.387 e. The molecule has 6 nitrogen and oxygen atoms in total. The van der Waals surface area contributed by atoms with Crippen molar-refractivity contribution >= 4 is 40.8 Å². The van der Waals surface area contributed by atoms with Crippen LogP contribution in [0.4, 0.5) is 19.3 Å². The van der Waals surface area contributed by atoms with Crippen molar-refractivity contribution in [1.82, 2.24) is 5.32 Å². The van der Waals surface area contributed by atoms with Gasteiger partial charge in [0.25, 0.3) is 0 Å². The molecule has 0 fully saturated rings. The number of halogens is 4. The fourth-order valence-corrected chi connectivity index (χ4v) is 2.83. The second-order valence-electron chi connectivity index (χ2n) is 5.36. The van der Waals surface area contributed by atoms with Gasteiger partial charge in [-0.1, -0.05) is 41.4 Å².